The molecule has 0 bridgehead atoms. The molecule has 0 amide bonds. The summed E-state index contributed by atoms with van der Waals surface area (Å²) in [7, 11) is 0. The summed E-state index contributed by atoms with van der Waals surface area (Å²) in [5.74, 6) is 1.69. The van der Waals surface area contributed by atoms with Gasteiger partial charge in [-0.15, -0.1) is 0 Å². The minimum absolute atomic E-state index is 0.821. The first kappa shape index (κ1) is 9.78. The molecule has 0 aliphatic carbocycles. The third kappa shape index (κ3) is 2.59. The van der Waals surface area contributed by atoms with Crippen molar-refractivity contribution in [2.24, 2.45) is 0 Å². The Morgan fingerprint density at radius 1 is 1.07 bits per heavy atom. The molecule has 0 aliphatic heterocycles. The van der Waals surface area contributed by atoms with E-state index >= 15 is 0 Å². The van der Waals surface area contributed by atoms with Crippen LogP contribution in [0.15, 0.2) is 48.5 Å². The van der Waals surface area contributed by atoms with Crippen LogP contribution < -0.4 is 4.74 Å². The fourth-order valence-corrected chi connectivity index (χ4v) is 1.37. The molecule has 2 aromatic rings. The second-order valence-electron chi connectivity index (χ2n) is 3.34. The Morgan fingerprint density at radius 3 is 2.47 bits per heavy atom. The lowest BCUT2D eigenvalue weighted by molar-refractivity contribution is 0.482. The van der Waals surface area contributed by atoms with Crippen LogP contribution in [0.1, 0.15) is 12.5 Å². The largest absolute Gasteiger partial charge is 0.457 e. The van der Waals surface area contributed by atoms with Gasteiger partial charge in [-0.1, -0.05) is 31.2 Å². The monoisotopic (exact) mass is 197 g/mol. The number of ether oxygens (including phenoxy) is 1. The highest BCUT2D eigenvalue weighted by Gasteiger charge is 1.95. The van der Waals surface area contributed by atoms with E-state index in [1.165, 1.54) is 5.56 Å². The van der Waals surface area contributed by atoms with Gasteiger partial charge in [0.2, 0.25) is 0 Å². The molecule has 0 spiro atoms. The second kappa shape index (κ2) is 4.65. The predicted octanol–water partition coefficient (Wildman–Crippen LogP) is 3.84. The van der Waals surface area contributed by atoms with Gasteiger partial charge in [0.1, 0.15) is 11.5 Å². The van der Waals surface area contributed by atoms with Crippen molar-refractivity contribution in [2.45, 2.75) is 13.3 Å². The van der Waals surface area contributed by atoms with Crippen LogP contribution in [0.5, 0.6) is 11.5 Å². The number of benzene rings is 2. The fraction of sp³-hybridized carbons (Fsp3) is 0.143. The molecule has 0 unspecified atom stereocenters. The Balaban J connectivity index is 2.11. The van der Waals surface area contributed by atoms with E-state index in [1.54, 1.807) is 0 Å². The number of aryl methyl sites for hydroxylation is 1. The first-order chi connectivity index (χ1) is 7.38. The fourth-order valence-electron chi connectivity index (χ4n) is 1.37. The summed E-state index contributed by atoms with van der Waals surface area (Å²) in [5.41, 5.74) is 1.32. The van der Waals surface area contributed by atoms with Crippen LogP contribution >= 0.6 is 0 Å². The van der Waals surface area contributed by atoms with Crippen molar-refractivity contribution < 1.29 is 4.74 Å². The maximum atomic E-state index is 5.65. The van der Waals surface area contributed by atoms with Crippen molar-refractivity contribution in [3.8, 4) is 11.5 Å². The van der Waals surface area contributed by atoms with Gasteiger partial charge in [-0.2, -0.15) is 0 Å². The first-order valence-corrected chi connectivity index (χ1v) is 5.11. The first-order valence-electron chi connectivity index (χ1n) is 5.11. The zero-order chi connectivity index (χ0) is 10.5. The Hall–Kier alpha value is -1.76. The molecular weight excluding hydrogens is 184 g/mol. The molecule has 0 heterocycles. The normalized spacial score (nSPS) is 9.93. The maximum Gasteiger partial charge on any atom is 0.128 e. The van der Waals surface area contributed by atoms with Crippen molar-refractivity contribution in [3.05, 3.63) is 60.2 Å². The molecule has 0 atom stereocenters. The summed E-state index contributed by atoms with van der Waals surface area (Å²) < 4.78 is 5.65. The zero-order valence-corrected chi connectivity index (χ0v) is 8.73. The van der Waals surface area contributed by atoms with Gasteiger partial charge >= 0.3 is 0 Å². The summed E-state index contributed by atoms with van der Waals surface area (Å²) in [6, 6.07) is 18.6. The number of hydrogen-bond acceptors (Lipinski definition) is 1. The summed E-state index contributed by atoms with van der Waals surface area (Å²) in [6.45, 7) is 2.14. The van der Waals surface area contributed by atoms with E-state index in [1.807, 2.05) is 36.4 Å². The molecule has 1 radical (unpaired) electrons. The lowest BCUT2D eigenvalue weighted by atomic mass is 10.2. The number of rotatable bonds is 3. The highest BCUT2D eigenvalue weighted by atomic mass is 16.5. The Bertz CT molecular complexity index is 403. The molecule has 0 fully saturated rings. The molecule has 15 heavy (non-hydrogen) atoms. The maximum absolute atomic E-state index is 5.65. The molecule has 75 valence electrons. The molecule has 0 aliphatic rings. The van der Waals surface area contributed by atoms with E-state index < -0.39 is 0 Å². The van der Waals surface area contributed by atoms with Crippen LogP contribution in [0.3, 0.4) is 0 Å². The molecule has 2 aromatic carbocycles. The Morgan fingerprint density at radius 2 is 1.87 bits per heavy atom. The third-order valence-electron chi connectivity index (χ3n) is 2.25. The lowest BCUT2D eigenvalue weighted by Crippen LogP contribution is -1.84. The summed E-state index contributed by atoms with van der Waals surface area (Å²) in [6.07, 6.45) is 1.05. The van der Waals surface area contributed by atoms with E-state index in [4.69, 9.17) is 4.74 Å². The van der Waals surface area contributed by atoms with E-state index in [0.717, 1.165) is 17.9 Å². The molecule has 2 rings (SSSR count). The minimum atomic E-state index is 0.821. The zero-order valence-electron chi connectivity index (χ0n) is 8.73. The van der Waals surface area contributed by atoms with Crippen molar-refractivity contribution in [3.63, 3.8) is 0 Å². The van der Waals surface area contributed by atoms with Gasteiger partial charge in [-0.25, -0.2) is 0 Å². The quantitative estimate of drug-likeness (QED) is 0.726. The highest BCUT2D eigenvalue weighted by molar-refractivity contribution is 5.32. The average Bonchev–Trinajstić information content (AvgIpc) is 2.31. The van der Waals surface area contributed by atoms with Crippen LogP contribution in [0.2, 0.25) is 0 Å². The standard InChI is InChI=1S/C14H13O/c1-2-12-8-10-14(11-9-12)15-13-6-4-3-5-7-13/h3-4,6-11H,2H2,1H3. The molecule has 0 N–H and O–H groups in total. The molecular formula is C14H13O. The second-order valence-corrected chi connectivity index (χ2v) is 3.34. The van der Waals surface area contributed by atoms with Gasteiger partial charge in [0.15, 0.2) is 0 Å². The summed E-state index contributed by atoms with van der Waals surface area (Å²) in [5, 5.41) is 0. The molecule has 1 heteroatoms. The Kier molecular flexibility index (Phi) is 3.03. The van der Waals surface area contributed by atoms with E-state index in [-0.39, 0.29) is 0 Å². The van der Waals surface area contributed by atoms with Crippen molar-refractivity contribution >= 4 is 0 Å². The predicted molar refractivity (Wildman–Crippen MR) is 61.2 cm³/mol. The third-order valence-corrected chi connectivity index (χ3v) is 2.25. The van der Waals surface area contributed by atoms with Crippen molar-refractivity contribution in [1.82, 2.24) is 0 Å². The minimum Gasteiger partial charge on any atom is -0.457 e. The van der Waals surface area contributed by atoms with Crippen LogP contribution in [-0.2, 0) is 6.42 Å². The van der Waals surface area contributed by atoms with E-state index in [0.29, 0.717) is 0 Å². The van der Waals surface area contributed by atoms with E-state index in [2.05, 4.69) is 25.1 Å². The Labute approximate surface area is 90.3 Å². The van der Waals surface area contributed by atoms with Gasteiger partial charge in [-0.05, 0) is 42.3 Å². The molecule has 0 saturated carbocycles. The van der Waals surface area contributed by atoms with Crippen LogP contribution in [0, 0.1) is 6.07 Å². The van der Waals surface area contributed by atoms with Gasteiger partial charge in [0.05, 0.1) is 0 Å². The van der Waals surface area contributed by atoms with Crippen LogP contribution in [0.25, 0.3) is 0 Å². The lowest BCUT2D eigenvalue weighted by Gasteiger charge is -2.05. The topological polar surface area (TPSA) is 9.23 Å². The summed E-state index contributed by atoms with van der Waals surface area (Å²) >= 11 is 0. The van der Waals surface area contributed by atoms with Gasteiger partial charge < -0.3 is 4.74 Å². The van der Waals surface area contributed by atoms with E-state index in [9.17, 15) is 0 Å². The van der Waals surface area contributed by atoms with Crippen molar-refractivity contribution in [2.75, 3.05) is 0 Å². The average molecular weight is 197 g/mol. The van der Waals surface area contributed by atoms with Crippen LogP contribution in [0.4, 0.5) is 0 Å². The summed E-state index contributed by atoms with van der Waals surface area (Å²) in [4.78, 5) is 0. The van der Waals surface area contributed by atoms with Gasteiger partial charge in [0, 0.05) is 0 Å². The van der Waals surface area contributed by atoms with Gasteiger partial charge in [-0.3, -0.25) is 0 Å². The highest BCUT2D eigenvalue weighted by Crippen LogP contribution is 2.20. The molecule has 1 nitrogen and oxygen atoms in total. The molecule has 0 aromatic heterocycles. The van der Waals surface area contributed by atoms with Crippen molar-refractivity contribution in [1.29, 1.82) is 0 Å². The smallest absolute Gasteiger partial charge is 0.128 e. The number of hydrogen-bond donors (Lipinski definition) is 0. The van der Waals surface area contributed by atoms with Gasteiger partial charge in [0.25, 0.3) is 0 Å². The molecule has 0 saturated heterocycles. The van der Waals surface area contributed by atoms with Crippen LogP contribution in [-0.4, -0.2) is 0 Å². The SMILES string of the molecule is CCc1ccc(Oc2c[c]ccc2)cc1.